The molecule has 2 aromatic heterocycles. The van der Waals surface area contributed by atoms with Gasteiger partial charge in [-0.2, -0.15) is 9.61 Å². The smallest absolute Gasteiger partial charge is 0.259 e. The van der Waals surface area contributed by atoms with E-state index in [1.807, 2.05) is 39.7 Å². The molecule has 31 heavy (non-hydrogen) atoms. The predicted molar refractivity (Wildman–Crippen MR) is 130 cm³/mol. The van der Waals surface area contributed by atoms with Gasteiger partial charge in [0.15, 0.2) is 5.65 Å². The Labute approximate surface area is 198 Å². The van der Waals surface area contributed by atoms with Crippen LogP contribution in [0.4, 0.5) is 5.82 Å². The summed E-state index contributed by atoms with van der Waals surface area (Å²) in [6.45, 7) is 1.51. The number of hydrogen-bond donors (Lipinski definition) is 1. The van der Waals surface area contributed by atoms with Crippen LogP contribution < -0.4 is 5.32 Å². The molecule has 0 aliphatic carbocycles. The second-order valence-corrected chi connectivity index (χ2v) is 10.0. The number of rotatable bonds is 4. The fraction of sp³-hybridized carbons (Fsp3) is 0.318. The zero-order valence-corrected chi connectivity index (χ0v) is 19.9. The molecule has 2 aliphatic heterocycles. The SMILES string of the molecule is O=C(C1=CCCS1)N1CCC(Nc2cc(-c3ccccc3Cl)nc3c(Br)cnn23)CC1. The lowest BCUT2D eigenvalue weighted by molar-refractivity contribution is -0.127. The standard InChI is InChI=1S/C22H21BrClN5OS/c23-16-13-25-29-20(12-18(27-21(16)29)15-4-1-2-5-17(15)24)26-14-7-9-28(10-8-14)22(30)19-6-3-11-31-19/h1-2,4-6,12-14,26H,3,7-11H2. The number of halogens is 2. The van der Waals surface area contributed by atoms with Crippen molar-refractivity contribution >= 4 is 56.7 Å². The van der Waals surface area contributed by atoms with Gasteiger partial charge in [-0.1, -0.05) is 35.9 Å². The van der Waals surface area contributed by atoms with Crippen molar-refractivity contribution < 1.29 is 4.79 Å². The number of thioether (sulfide) groups is 1. The van der Waals surface area contributed by atoms with Gasteiger partial charge in [0.25, 0.3) is 5.91 Å². The molecule has 1 amide bonds. The Morgan fingerprint density at radius 3 is 2.81 bits per heavy atom. The Bertz CT molecular complexity index is 1170. The summed E-state index contributed by atoms with van der Waals surface area (Å²) in [5.74, 6) is 2.07. The Morgan fingerprint density at radius 2 is 2.06 bits per heavy atom. The first-order chi connectivity index (χ1) is 15.1. The van der Waals surface area contributed by atoms with Crippen LogP contribution in [0.25, 0.3) is 16.9 Å². The molecule has 0 saturated carbocycles. The van der Waals surface area contributed by atoms with Crippen molar-refractivity contribution in [2.45, 2.75) is 25.3 Å². The van der Waals surface area contributed by atoms with Gasteiger partial charge in [0.2, 0.25) is 0 Å². The molecule has 0 radical (unpaired) electrons. The van der Waals surface area contributed by atoms with Crippen LogP contribution >= 0.6 is 39.3 Å². The molecule has 1 saturated heterocycles. The highest BCUT2D eigenvalue weighted by Gasteiger charge is 2.27. The van der Waals surface area contributed by atoms with Crippen LogP contribution in [-0.4, -0.2) is 50.3 Å². The summed E-state index contributed by atoms with van der Waals surface area (Å²) in [5.41, 5.74) is 2.41. The third kappa shape index (κ3) is 4.21. The second-order valence-electron chi connectivity index (χ2n) is 7.65. The van der Waals surface area contributed by atoms with E-state index in [2.05, 4.69) is 32.4 Å². The minimum Gasteiger partial charge on any atom is -0.367 e. The van der Waals surface area contributed by atoms with Crippen LogP contribution in [0.5, 0.6) is 0 Å². The average Bonchev–Trinajstić information content (AvgIpc) is 3.45. The molecule has 0 spiro atoms. The number of benzene rings is 1. The molecular formula is C22H21BrClN5OS. The first-order valence-corrected chi connectivity index (χ1v) is 12.4. The Morgan fingerprint density at radius 1 is 1.26 bits per heavy atom. The van der Waals surface area contributed by atoms with E-state index in [0.29, 0.717) is 5.02 Å². The number of fused-ring (bicyclic) bond motifs is 1. The van der Waals surface area contributed by atoms with E-state index in [0.717, 1.165) is 70.2 Å². The zero-order valence-electron chi connectivity index (χ0n) is 16.7. The van der Waals surface area contributed by atoms with Gasteiger partial charge in [-0.15, -0.1) is 11.8 Å². The monoisotopic (exact) mass is 517 g/mol. The summed E-state index contributed by atoms with van der Waals surface area (Å²) in [6.07, 6.45) is 6.58. The van der Waals surface area contributed by atoms with Crippen molar-refractivity contribution in [2.75, 3.05) is 24.2 Å². The Kier molecular flexibility index (Phi) is 5.95. The summed E-state index contributed by atoms with van der Waals surface area (Å²) < 4.78 is 2.63. The van der Waals surface area contributed by atoms with Crippen LogP contribution in [0, 0.1) is 0 Å². The molecule has 4 heterocycles. The largest absolute Gasteiger partial charge is 0.367 e. The molecule has 1 aromatic carbocycles. The van der Waals surface area contributed by atoms with Gasteiger partial charge in [0.1, 0.15) is 5.82 Å². The summed E-state index contributed by atoms with van der Waals surface area (Å²) in [5, 5.41) is 8.77. The number of anilines is 1. The fourth-order valence-electron chi connectivity index (χ4n) is 4.00. The number of nitrogens with zero attached hydrogens (tertiary/aromatic N) is 4. The van der Waals surface area contributed by atoms with Crippen LogP contribution in [0.15, 0.2) is 52.0 Å². The average molecular weight is 519 g/mol. The highest BCUT2D eigenvalue weighted by Crippen LogP contribution is 2.31. The Hall–Kier alpha value is -2.03. The van der Waals surface area contributed by atoms with E-state index < -0.39 is 0 Å². The minimum atomic E-state index is 0.185. The maximum Gasteiger partial charge on any atom is 0.259 e. The number of allylic oxidation sites excluding steroid dienone is 1. The van der Waals surface area contributed by atoms with Crippen LogP contribution in [0.2, 0.25) is 5.02 Å². The molecule has 0 unspecified atom stereocenters. The van der Waals surface area contributed by atoms with E-state index in [1.165, 1.54) is 0 Å². The van der Waals surface area contributed by atoms with Crippen molar-refractivity contribution in [1.29, 1.82) is 0 Å². The summed E-state index contributed by atoms with van der Waals surface area (Å²) in [7, 11) is 0. The molecule has 160 valence electrons. The molecule has 3 aromatic rings. The normalized spacial score (nSPS) is 17.2. The Balaban J connectivity index is 1.37. The van der Waals surface area contributed by atoms with Crippen molar-refractivity contribution in [3.8, 4) is 11.3 Å². The van der Waals surface area contributed by atoms with E-state index in [9.17, 15) is 4.79 Å². The van der Waals surface area contributed by atoms with Gasteiger partial charge < -0.3 is 10.2 Å². The number of aromatic nitrogens is 3. The molecule has 1 fully saturated rings. The lowest BCUT2D eigenvalue weighted by atomic mass is 10.0. The lowest BCUT2D eigenvalue weighted by Gasteiger charge is -2.33. The lowest BCUT2D eigenvalue weighted by Crippen LogP contribution is -2.42. The maximum absolute atomic E-state index is 12.7. The van der Waals surface area contributed by atoms with E-state index in [-0.39, 0.29) is 11.9 Å². The number of piperidine rings is 1. The van der Waals surface area contributed by atoms with E-state index in [4.69, 9.17) is 16.6 Å². The molecule has 9 heteroatoms. The van der Waals surface area contributed by atoms with Gasteiger partial charge in [-0.25, -0.2) is 4.98 Å². The molecule has 0 bridgehead atoms. The first kappa shape index (κ1) is 20.8. The van der Waals surface area contributed by atoms with Gasteiger partial charge in [0, 0.05) is 41.5 Å². The van der Waals surface area contributed by atoms with Gasteiger partial charge in [-0.05, 0) is 41.3 Å². The third-order valence-corrected chi connectivity index (χ3v) is 7.61. The summed E-state index contributed by atoms with van der Waals surface area (Å²) in [4.78, 5) is 20.3. The quantitative estimate of drug-likeness (QED) is 0.512. The van der Waals surface area contributed by atoms with Crippen molar-refractivity contribution in [2.24, 2.45) is 0 Å². The first-order valence-electron chi connectivity index (χ1n) is 10.3. The van der Waals surface area contributed by atoms with Crippen molar-refractivity contribution in [3.05, 3.63) is 57.0 Å². The topological polar surface area (TPSA) is 62.5 Å². The van der Waals surface area contributed by atoms with E-state index >= 15 is 0 Å². The third-order valence-electron chi connectivity index (χ3n) is 5.63. The molecule has 0 atom stereocenters. The zero-order chi connectivity index (χ0) is 21.4. The fourth-order valence-corrected chi connectivity index (χ4v) is 5.53. The number of amides is 1. The highest BCUT2D eigenvalue weighted by molar-refractivity contribution is 9.10. The number of carbonyl (C=O) groups is 1. The van der Waals surface area contributed by atoms with E-state index in [1.54, 1.807) is 18.0 Å². The number of carbonyl (C=O) groups excluding carboxylic acids is 1. The summed E-state index contributed by atoms with van der Waals surface area (Å²) in [6, 6.07) is 9.94. The van der Waals surface area contributed by atoms with Crippen molar-refractivity contribution in [3.63, 3.8) is 0 Å². The number of likely N-dealkylation sites (tertiary alicyclic amines) is 1. The van der Waals surface area contributed by atoms with Gasteiger partial charge in [-0.3, -0.25) is 4.79 Å². The second kappa shape index (κ2) is 8.84. The molecule has 5 rings (SSSR count). The van der Waals surface area contributed by atoms with Gasteiger partial charge in [0.05, 0.1) is 21.3 Å². The molecule has 2 aliphatic rings. The van der Waals surface area contributed by atoms with Crippen LogP contribution in [0.1, 0.15) is 19.3 Å². The predicted octanol–water partition coefficient (Wildman–Crippen LogP) is 5.24. The molecule has 1 N–H and O–H groups in total. The molecule has 6 nitrogen and oxygen atoms in total. The number of hydrogen-bond acceptors (Lipinski definition) is 5. The van der Waals surface area contributed by atoms with Crippen LogP contribution in [0.3, 0.4) is 0 Å². The molecular weight excluding hydrogens is 498 g/mol. The summed E-state index contributed by atoms with van der Waals surface area (Å²) >= 11 is 11.7. The minimum absolute atomic E-state index is 0.185. The number of nitrogens with one attached hydrogen (secondary N) is 1. The maximum atomic E-state index is 12.7. The van der Waals surface area contributed by atoms with Crippen LogP contribution in [-0.2, 0) is 4.79 Å². The van der Waals surface area contributed by atoms with Crippen molar-refractivity contribution in [1.82, 2.24) is 19.5 Å². The highest BCUT2D eigenvalue weighted by atomic mass is 79.9. The van der Waals surface area contributed by atoms with Gasteiger partial charge >= 0.3 is 0 Å².